The molecule has 3 rings (SSSR count). The van der Waals surface area contributed by atoms with Crippen LogP contribution in [0.4, 0.5) is 22.0 Å². The van der Waals surface area contributed by atoms with Crippen LogP contribution in [0.1, 0.15) is 107 Å². The molecule has 2 aromatic rings. The molecule has 0 aliphatic carbocycles. The summed E-state index contributed by atoms with van der Waals surface area (Å²) in [5.74, 6) is -5.19. The van der Waals surface area contributed by atoms with E-state index in [0.717, 1.165) is 62.0 Å². The molecule has 1 unspecified atom stereocenters. The molecule has 3 N–H and O–H groups in total. The lowest BCUT2D eigenvalue weighted by molar-refractivity contribution is -0.284. The van der Waals surface area contributed by atoms with Gasteiger partial charge in [-0.15, -0.1) is 11.8 Å². The Morgan fingerprint density at radius 1 is 0.884 bits per heavy atom. The zero-order valence-electron chi connectivity index (χ0n) is 24.6. The fourth-order valence-corrected chi connectivity index (χ4v) is 7.90. The number of phenols is 2. The first-order valence-electron chi connectivity index (χ1n) is 15.2. The number of hydrogen-bond acceptors (Lipinski definition) is 4. The van der Waals surface area contributed by atoms with Crippen LogP contribution in [0, 0.1) is 5.92 Å². The van der Waals surface area contributed by atoms with E-state index in [1.54, 1.807) is 30.0 Å². The molecule has 1 heterocycles. The van der Waals surface area contributed by atoms with Crippen molar-refractivity contribution in [2.45, 2.75) is 119 Å². The maximum Gasteiger partial charge on any atom is 0.453 e. The molecule has 0 amide bonds. The third-order valence-electron chi connectivity index (χ3n) is 8.95. The Bertz CT molecular complexity index is 1170. The first-order chi connectivity index (χ1) is 20.3. The third kappa shape index (κ3) is 9.25. The highest BCUT2D eigenvalue weighted by Gasteiger charge is 2.56. The van der Waals surface area contributed by atoms with Gasteiger partial charge >= 0.3 is 18.1 Å². The SMILES string of the molecule is CC[C@]1(c2ccc(O)cc2)CSc2cc(O)ccc2[C@H]1CCCCCCCCCC(CCCC(F)(F)C(F)(F)F)C(=O)O. The maximum atomic E-state index is 13.1. The molecule has 0 aromatic heterocycles. The van der Waals surface area contributed by atoms with Gasteiger partial charge < -0.3 is 15.3 Å². The van der Waals surface area contributed by atoms with Gasteiger partial charge in [-0.2, -0.15) is 22.0 Å². The number of hydrogen-bond donors (Lipinski definition) is 3. The smallest absolute Gasteiger partial charge is 0.453 e. The van der Waals surface area contributed by atoms with Crippen LogP contribution in [-0.4, -0.2) is 39.1 Å². The Hall–Kier alpha value is -2.49. The Labute approximate surface area is 255 Å². The summed E-state index contributed by atoms with van der Waals surface area (Å²) in [5, 5.41) is 29.3. The van der Waals surface area contributed by atoms with Crippen LogP contribution in [0.15, 0.2) is 47.4 Å². The molecule has 1 aliphatic heterocycles. The van der Waals surface area contributed by atoms with Crippen LogP contribution in [0.2, 0.25) is 0 Å². The number of alkyl halides is 5. The number of rotatable bonds is 17. The second kappa shape index (κ2) is 15.5. The molecule has 0 radical (unpaired) electrons. The first kappa shape index (κ1) is 35.0. The summed E-state index contributed by atoms with van der Waals surface area (Å²) < 4.78 is 63.2. The number of aromatic hydroxyl groups is 2. The predicted molar refractivity (Wildman–Crippen MR) is 159 cm³/mol. The molecule has 2 aromatic carbocycles. The van der Waals surface area contributed by atoms with Gasteiger partial charge in [-0.3, -0.25) is 4.79 Å². The van der Waals surface area contributed by atoms with E-state index >= 15 is 0 Å². The van der Waals surface area contributed by atoms with Gasteiger partial charge in [0.1, 0.15) is 11.5 Å². The summed E-state index contributed by atoms with van der Waals surface area (Å²) in [7, 11) is 0. The summed E-state index contributed by atoms with van der Waals surface area (Å²) in [4.78, 5) is 12.6. The lowest BCUT2D eigenvalue weighted by Gasteiger charge is -2.45. The molecule has 1 aliphatic rings. The second-order valence-corrected chi connectivity index (χ2v) is 12.8. The zero-order valence-corrected chi connectivity index (χ0v) is 25.5. The molecule has 0 saturated heterocycles. The summed E-state index contributed by atoms with van der Waals surface area (Å²) in [6, 6.07) is 13.2. The van der Waals surface area contributed by atoms with E-state index in [4.69, 9.17) is 0 Å². The maximum absolute atomic E-state index is 13.1. The number of aliphatic carboxylic acids is 1. The van der Waals surface area contributed by atoms with Crippen molar-refractivity contribution in [1.82, 2.24) is 0 Å². The van der Waals surface area contributed by atoms with Crippen molar-refractivity contribution < 1.29 is 42.1 Å². The molecule has 10 heteroatoms. The molecule has 0 bridgehead atoms. The van der Waals surface area contributed by atoms with Gasteiger partial charge in [0.05, 0.1) is 5.92 Å². The molecular weight excluding hydrogens is 587 g/mol. The number of phenolic OH excluding ortho intramolecular Hbond substituents is 2. The average molecular weight is 631 g/mol. The summed E-state index contributed by atoms with van der Waals surface area (Å²) >= 11 is 1.76. The zero-order chi connectivity index (χ0) is 31.7. The normalized spacial score (nSPS) is 19.6. The van der Waals surface area contributed by atoms with E-state index in [1.807, 2.05) is 24.3 Å². The molecule has 4 nitrogen and oxygen atoms in total. The van der Waals surface area contributed by atoms with E-state index in [9.17, 15) is 42.1 Å². The van der Waals surface area contributed by atoms with Crippen molar-refractivity contribution in [2.24, 2.45) is 5.92 Å². The number of benzene rings is 2. The van der Waals surface area contributed by atoms with Gasteiger partial charge in [0.2, 0.25) is 0 Å². The highest BCUT2D eigenvalue weighted by molar-refractivity contribution is 7.99. The van der Waals surface area contributed by atoms with Crippen molar-refractivity contribution in [3.8, 4) is 11.5 Å². The standard InChI is InChI=1S/C33H43F5O4S/c1-2-31(24-14-16-25(39)17-15-24)22-43-29-21-26(40)18-19-27(29)28(31)13-9-7-5-3-4-6-8-11-23(30(41)42)12-10-20-32(34,35)33(36,37)38/h14-19,21,23,28,39-40H,2-13,20,22H2,1H3,(H,41,42)/t23?,28-,31-/m1/s1. The molecule has 0 fully saturated rings. The fourth-order valence-electron chi connectivity index (χ4n) is 6.33. The van der Waals surface area contributed by atoms with E-state index in [2.05, 4.69) is 6.92 Å². The van der Waals surface area contributed by atoms with Crippen LogP contribution in [0.5, 0.6) is 11.5 Å². The largest absolute Gasteiger partial charge is 0.508 e. The summed E-state index contributed by atoms with van der Waals surface area (Å²) in [5.41, 5.74) is 2.36. The van der Waals surface area contributed by atoms with E-state index in [-0.39, 0.29) is 35.7 Å². The predicted octanol–water partition coefficient (Wildman–Crippen LogP) is 10.2. The topological polar surface area (TPSA) is 77.8 Å². The van der Waals surface area contributed by atoms with Gasteiger partial charge in [0.25, 0.3) is 0 Å². The third-order valence-corrected chi connectivity index (χ3v) is 10.3. The van der Waals surface area contributed by atoms with Crippen LogP contribution in [-0.2, 0) is 10.2 Å². The van der Waals surface area contributed by atoms with Crippen LogP contribution in [0.3, 0.4) is 0 Å². The lowest BCUT2D eigenvalue weighted by atomic mass is 9.65. The van der Waals surface area contributed by atoms with Crippen LogP contribution in [0.25, 0.3) is 0 Å². The van der Waals surface area contributed by atoms with E-state index in [1.165, 1.54) is 11.1 Å². The van der Waals surface area contributed by atoms with Crippen LogP contribution < -0.4 is 0 Å². The molecule has 3 atom stereocenters. The monoisotopic (exact) mass is 630 g/mol. The summed E-state index contributed by atoms with van der Waals surface area (Å²) in [6.07, 6.45) is 0.910. The number of carbonyl (C=O) groups is 1. The van der Waals surface area contributed by atoms with Gasteiger partial charge in [0, 0.05) is 22.5 Å². The minimum absolute atomic E-state index is 0.0916. The molecule has 240 valence electrons. The summed E-state index contributed by atoms with van der Waals surface area (Å²) in [6.45, 7) is 2.21. The van der Waals surface area contributed by atoms with Crippen molar-refractivity contribution in [1.29, 1.82) is 0 Å². The Balaban J connectivity index is 1.44. The van der Waals surface area contributed by atoms with Crippen LogP contribution >= 0.6 is 11.8 Å². The van der Waals surface area contributed by atoms with Gasteiger partial charge in [-0.05, 0) is 73.4 Å². The molecular formula is C33H43F5O4S. The van der Waals surface area contributed by atoms with Gasteiger partial charge in [-0.1, -0.05) is 70.1 Å². The van der Waals surface area contributed by atoms with Crippen molar-refractivity contribution in [3.05, 3.63) is 53.6 Å². The van der Waals surface area contributed by atoms with Gasteiger partial charge in [0.15, 0.2) is 0 Å². The quantitative estimate of drug-likeness (QED) is 0.120. The molecule has 43 heavy (non-hydrogen) atoms. The lowest BCUT2D eigenvalue weighted by Crippen LogP contribution is -2.38. The Morgan fingerprint density at radius 2 is 1.47 bits per heavy atom. The van der Waals surface area contributed by atoms with E-state index in [0.29, 0.717) is 6.42 Å². The number of thioether (sulfide) groups is 1. The molecule has 0 spiro atoms. The van der Waals surface area contributed by atoms with Crippen molar-refractivity contribution in [3.63, 3.8) is 0 Å². The number of carboxylic acids is 1. The number of halogens is 5. The Morgan fingerprint density at radius 3 is 2.07 bits per heavy atom. The van der Waals surface area contributed by atoms with Gasteiger partial charge in [-0.25, -0.2) is 0 Å². The average Bonchev–Trinajstić information content (AvgIpc) is 2.94. The first-order valence-corrected chi connectivity index (χ1v) is 16.2. The number of unbranched alkanes of at least 4 members (excludes halogenated alkanes) is 6. The number of carboxylic acid groups (broad SMARTS) is 1. The highest BCUT2D eigenvalue weighted by atomic mass is 32.2. The minimum Gasteiger partial charge on any atom is -0.508 e. The van der Waals surface area contributed by atoms with Crippen molar-refractivity contribution in [2.75, 3.05) is 5.75 Å². The Kier molecular flexibility index (Phi) is 12.6. The second-order valence-electron chi connectivity index (χ2n) is 11.8. The van der Waals surface area contributed by atoms with E-state index < -0.39 is 36.8 Å². The highest BCUT2D eigenvalue weighted by Crippen LogP contribution is 2.54. The van der Waals surface area contributed by atoms with Crippen molar-refractivity contribution >= 4 is 17.7 Å². The minimum atomic E-state index is -5.61. The fraction of sp³-hybridized carbons (Fsp3) is 0.606. The molecule has 0 saturated carbocycles. The number of fused-ring (bicyclic) bond motifs is 1.